The van der Waals surface area contributed by atoms with Gasteiger partial charge in [0.05, 0.1) is 18.2 Å². The summed E-state index contributed by atoms with van der Waals surface area (Å²) in [5.41, 5.74) is 2.21. The fourth-order valence-electron chi connectivity index (χ4n) is 3.16. The highest BCUT2D eigenvalue weighted by atomic mass is 35.5. The molecule has 2 aliphatic rings. The minimum atomic E-state index is -0.500. The van der Waals surface area contributed by atoms with Crippen molar-refractivity contribution in [2.45, 2.75) is 0 Å². The number of nitrogens with zero attached hydrogens (tertiary/aromatic N) is 2. The van der Waals surface area contributed by atoms with Gasteiger partial charge in [-0.05, 0) is 48.0 Å². The van der Waals surface area contributed by atoms with Crippen LogP contribution < -0.4 is 19.7 Å². The van der Waals surface area contributed by atoms with Crippen LogP contribution in [0.5, 0.6) is 11.5 Å². The number of fused-ring (bicyclic) bond motifs is 1. The summed E-state index contributed by atoms with van der Waals surface area (Å²) in [5, 5.41) is 12.5. The van der Waals surface area contributed by atoms with Crippen molar-refractivity contribution in [1.29, 1.82) is 5.26 Å². The largest absolute Gasteiger partial charge is 0.454 e. The molecule has 7 nitrogen and oxygen atoms in total. The minimum absolute atomic E-state index is 0.0443. The lowest BCUT2D eigenvalue weighted by molar-refractivity contribution is -0.112. The Bertz CT molecular complexity index is 992. The van der Waals surface area contributed by atoms with Gasteiger partial charge in [0.25, 0.3) is 5.91 Å². The SMILES string of the molecule is N#C/C(=C\c1cc(Cl)c2c(c1)OCO2)C(=O)Nc1ccc(N2CCOCC2)cc1. The van der Waals surface area contributed by atoms with Crippen molar-refractivity contribution in [3.05, 3.63) is 52.6 Å². The van der Waals surface area contributed by atoms with E-state index in [9.17, 15) is 10.1 Å². The van der Waals surface area contributed by atoms with Crippen LogP contribution in [-0.2, 0) is 9.53 Å². The molecule has 0 aromatic heterocycles. The highest BCUT2D eigenvalue weighted by Crippen LogP contribution is 2.40. The van der Waals surface area contributed by atoms with Crippen LogP contribution >= 0.6 is 11.6 Å². The number of anilines is 2. The van der Waals surface area contributed by atoms with Crippen molar-refractivity contribution in [3.8, 4) is 17.6 Å². The quantitative estimate of drug-likeness (QED) is 0.612. The minimum Gasteiger partial charge on any atom is -0.454 e. The first-order valence-electron chi connectivity index (χ1n) is 9.09. The number of benzene rings is 2. The first-order chi connectivity index (χ1) is 14.1. The summed E-state index contributed by atoms with van der Waals surface area (Å²) in [5.74, 6) is 0.452. The van der Waals surface area contributed by atoms with E-state index in [1.165, 1.54) is 6.08 Å². The van der Waals surface area contributed by atoms with Gasteiger partial charge in [-0.1, -0.05) is 11.6 Å². The van der Waals surface area contributed by atoms with E-state index in [2.05, 4.69) is 10.2 Å². The van der Waals surface area contributed by atoms with E-state index in [0.717, 1.165) is 18.8 Å². The number of amides is 1. The lowest BCUT2D eigenvalue weighted by Gasteiger charge is -2.28. The molecule has 2 aromatic rings. The van der Waals surface area contributed by atoms with Crippen LogP contribution in [0.4, 0.5) is 11.4 Å². The molecule has 0 atom stereocenters. The highest BCUT2D eigenvalue weighted by Gasteiger charge is 2.19. The molecule has 2 heterocycles. The molecule has 148 valence electrons. The van der Waals surface area contributed by atoms with Gasteiger partial charge < -0.3 is 24.4 Å². The van der Waals surface area contributed by atoms with Gasteiger partial charge in [0.1, 0.15) is 11.6 Å². The molecule has 0 aliphatic carbocycles. The predicted octanol–water partition coefficient (Wildman–Crippen LogP) is 3.45. The Morgan fingerprint density at radius 3 is 2.66 bits per heavy atom. The van der Waals surface area contributed by atoms with Gasteiger partial charge in [0.15, 0.2) is 11.5 Å². The topological polar surface area (TPSA) is 83.8 Å². The molecular formula is C21H18ClN3O4. The van der Waals surface area contributed by atoms with E-state index in [1.54, 1.807) is 12.1 Å². The summed E-state index contributed by atoms with van der Waals surface area (Å²) < 4.78 is 15.9. The van der Waals surface area contributed by atoms with Gasteiger partial charge in [-0.15, -0.1) is 0 Å². The van der Waals surface area contributed by atoms with E-state index in [-0.39, 0.29) is 12.4 Å². The molecule has 0 unspecified atom stereocenters. The number of nitriles is 1. The zero-order valence-corrected chi connectivity index (χ0v) is 16.2. The average molecular weight is 412 g/mol. The number of carbonyl (C=O) groups is 1. The Morgan fingerprint density at radius 1 is 1.17 bits per heavy atom. The first kappa shape index (κ1) is 19.1. The summed E-state index contributed by atoms with van der Waals surface area (Å²) in [7, 11) is 0. The van der Waals surface area contributed by atoms with Gasteiger partial charge in [0, 0.05) is 24.5 Å². The van der Waals surface area contributed by atoms with Crippen LogP contribution in [-0.4, -0.2) is 39.0 Å². The van der Waals surface area contributed by atoms with Gasteiger partial charge in [-0.3, -0.25) is 4.79 Å². The Morgan fingerprint density at radius 2 is 1.93 bits per heavy atom. The standard InChI is InChI=1S/C21H18ClN3O4/c22-18-10-14(11-19-20(18)29-13-28-19)9-15(12-23)21(26)24-16-1-3-17(4-2-16)25-5-7-27-8-6-25/h1-4,9-11H,5-8,13H2,(H,24,26)/b15-9+. The zero-order valence-electron chi connectivity index (χ0n) is 15.5. The second-order valence-electron chi connectivity index (χ2n) is 6.51. The number of halogens is 1. The van der Waals surface area contributed by atoms with Crippen molar-refractivity contribution < 1.29 is 19.0 Å². The molecule has 4 rings (SSSR count). The number of ether oxygens (including phenoxy) is 3. The van der Waals surface area contributed by atoms with Gasteiger partial charge in [0.2, 0.25) is 6.79 Å². The molecule has 29 heavy (non-hydrogen) atoms. The lowest BCUT2D eigenvalue weighted by atomic mass is 10.1. The normalized spacial score (nSPS) is 15.7. The molecule has 0 radical (unpaired) electrons. The number of morpholine rings is 1. The van der Waals surface area contributed by atoms with Crippen LogP contribution in [0.2, 0.25) is 5.02 Å². The second kappa shape index (κ2) is 8.43. The molecule has 1 fully saturated rings. The number of rotatable bonds is 4. The Hall–Kier alpha value is -3.21. The molecule has 0 spiro atoms. The zero-order chi connectivity index (χ0) is 20.2. The maximum Gasteiger partial charge on any atom is 0.266 e. The van der Waals surface area contributed by atoms with Crippen molar-refractivity contribution in [3.63, 3.8) is 0 Å². The van der Waals surface area contributed by atoms with Crippen LogP contribution in [0.25, 0.3) is 6.08 Å². The highest BCUT2D eigenvalue weighted by molar-refractivity contribution is 6.32. The monoisotopic (exact) mass is 411 g/mol. The fourth-order valence-corrected chi connectivity index (χ4v) is 3.44. The summed E-state index contributed by atoms with van der Waals surface area (Å²) >= 11 is 6.16. The molecular weight excluding hydrogens is 394 g/mol. The summed E-state index contributed by atoms with van der Waals surface area (Å²) in [6, 6.07) is 12.7. The van der Waals surface area contributed by atoms with Gasteiger partial charge >= 0.3 is 0 Å². The van der Waals surface area contributed by atoms with Crippen molar-refractivity contribution in [1.82, 2.24) is 0 Å². The van der Waals surface area contributed by atoms with E-state index in [0.29, 0.717) is 41.0 Å². The maximum absolute atomic E-state index is 12.5. The molecule has 1 amide bonds. The average Bonchev–Trinajstić information content (AvgIpc) is 3.22. The molecule has 0 bridgehead atoms. The van der Waals surface area contributed by atoms with Crippen LogP contribution in [0.3, 0.4) is 0 Å². The summed E-state index contributed by atoms with van der Waals surface area (Å²) in [6.45, 7) is 3.18. The van der Waals surface area contributed by atoms with E-state index in [4.69, 9.17) is 25.8 Å². The third-order valence-electron chi connectivity index (χ3n) is 4.63. The third kappa shape index (κ3) is 4.29. The lowest BCUT2D eigenvalue weighted by Crippen LogP contribution is -2.36. The first-order valence-corrected chi connectivity index (χ1v) is 9.47. The number of carbonyl (C=O) groups excluding carboxylic acids is 1. The van der Waals surface area contributed by atoms with Gasteiger partial charge in [-0.25, -0.2) is 0 Å². The van der Waals surface area contributed by atoms with E-state index >= 15 is 0 Å². The molecule has 2 aliphatic heterocycles. The summed E-state index contributed by atoms with van der Waals surface area (Å²) in [4.78, 5) is 14.8. The predicted molar refractivity (Wildman–Crippen MR) is 109 cm³/mol. The number of nitrogens with one attached hydrogen (secondary N) is 1. The summed E-state index contributed by atoms with van der Waals surface area (Å²) in [6.07, 6.45) is 1.46. The van der Waals surface area contributed by atoms with Crippen LogP contribution in [0.15, 0.2) is 42.0 Å². The van der Waals surface area contributed by atoms with Gasteiger partial charge in [-0.2, -0.15) is 5.26 Å². The van der Waals surface area contributed by atoms with Crippen LogP contribution in [0.1, 0.15) is 5.56 Å². The van der Waals surface area contributed by atoms with E-state index in [1.807, 2.05) is 30.3 Å². The molecule has 8 heteroatoms. The second-order valence-corrected chi connectivity index (χ2v) is 6.91. The fraction of sp³-hybridized carbons (Fsp3) is 0.238. The smallest absolute Gasteiger partial charge is 0.266 e. The third-order valence-corrected chi connectivity index (χ3v) is 4.91. The molecule has 2 aromatic carbocycles. The number of hydrogen-bond donors (Lipinski definition) is 1. The van der Waals surface area contributed by atoms with Crippen molar-refractivity contribution in [2.75, 3.05) is 43.3 Å². The molecule has 1 N–H and O–H groups in total. The Kier molecular flexibility index (Phi) is 5.56. The van der Waals surface area contributed by atoms with Crippen molar-refractivity contribution in [2.24, 2.45) is 0 Å². The Labute approximate surface area is 173 Å². The Balaban J connectivity index is 1.47. The van der Waals surface area contributed by atoms with E-state index < -0.39 is 5.91 Å². The van der Waals surface area contributed by atoms with Crippen LogP contribution in [0, 0.1) is 11.3 Å². The maximum atomic E-state index is 12.5. The van der Waals surface area contributed by atoms with Crippen molar-refractivity contribution >= 4 is 35.0 Å². The molecule has 1 saturated heterocycles. The molecule has 0 saturated carbocycles. The number of hydrogen-bond acceptors (Lipinski definition) is 6.